The fraction of sp³-hybridized carbons (Fsp3) is 0.333. The molecule has 0 aliphatic rings. The number of alkyl halides is 4. The van der Waals surface area contributed by atoms with Crippen LogP contribution in [0.25, 0.3) is 0 Å². The lowest BCUT2D eigenvalue weighted by atomic mass is 10.3. The van der Waals surface area contributed by atoms with Crippen LogP contribution in [0.2, 0.25) is 0 Å². The van der Waals surface area contributed by atoms with Crippen LogP contribution in [-0.2, 0) is 0 Å². The molecule has 0 amide bonds. The van der Waals surface area contributed by atoms with Gasteiger partial charge < -0.3 is 10.5 Å². The summed E-state index contributed by atoms with van der Waals surface area (Å²) in [4.78, 5) is 3.68. The highest BCUT2D eigenvalue weighted by molar-refractivity contribution is 7.80. The Morgan fingerprint density at radius 2 is 2.12 bits per heavy atom. The lowest BCUT2D eigenvalue weighted by Gasteiger charge is -2.15. The van der Waals surface area contributed by atoms with Crippen molar-refractivity contribution in [2.24, 2.45) is 5.73 Å². The van der Waals surface area contributed by atoms with E-state index in [4.69, 9.17) is 5.73 Å². The molecule has 1 heterocycles. The van der Waals surface area contributed by atoms with Crippen molar-refractivity contribution in [2.75, 3.05) is 6.61 Å². The Morgan fingerprint density at radius 3 is 2.53 bits per heavy atom. The Morgan fingerprint density at radius 1 is 1.47 bits per heavy atom. The number of rotatable bonds is 5. The largest absolute Gasteiger partial charge is 0.471 e. The van der Waals surface area contributed by atoms with Gasteiger partial charge in [0.05, 0.1) is 0 Å². The number of pyridine rings is 1. The second-order valence-electron chi connectivity index (χ2n) is 3.10. The molecule has 0 spiro atoms. The molecule has 1 aromatic rings. The van der Waals surface area contributed by atoms with Crippen molar-refractivity contribution in [3.05, 3.63) is 23.9 Å². The van der Waals surface area contributed by atoms with Crippen molar-refractivity contribution in [3.8, 4) is 5.88 Å². The van der Waals surface area contributed by atoms with E-state index in [1.807, 2.05) is 0 Å². The second kappa shape index (κ2) is 5.26. The van der Waals surface area contributed by atoms with Crippen molar-refractivity contribution in [2.45, 2.75) is 12.3 Å². The van der Waals surface area contributed by atoms with Gasteiger partial charge in [-0.25, -0.2) is 13.8 Å². The molecule has 0 aliphatic carbocycles. The Kier molecular flexibility index (Phi) is 4.22. The average Bonchev–Trinajstić information content (AvgIpc) is 2.27. The summed E-state index contributed by atoms with van der Waals surface area (Å²) >= 11 is 4.64. The van der Waals surface area contributed by atoms with E-state index >= 15 is 0 Å². The highest BCUT2D eigenvalue weighted by Gasteiger charge is 2.41. The van der Waals surface area contributed by atoms with E-state index in [9.17, 15) is 17.6 Å². The summed E-state index contributed by atoms with van der Waals surface area (Å²) in [5.74, 6) is -4.41. The van der Waals surface area contributed by atoms with Gasteiger partial charge in [0, 0.05) is 17.8 Å². The van der Waals surface area contributed by atoms with Crippen LogP contribution >= 0.6 is 12.2 Å². The molecule has 0 saturated carbocycles. The quantitative estimate of drug-likeness (QED) is 0.655. The van der Waals surface area contributed by atoms with Gasteiger partial charge in [0.15, 0.2) is 6.61 Å². The maximum Gasteiger partial charge on any atom is 0.340 e. The predicted molar refractivity (Wildman–Crippen MR) is 56.6 cm³/mol. The average molecular weight is 268 g/mol. The van der Waals surface area contributed by atoms with E-state index in [2.05, 4.69) is 21.9 Å². The van der Waals surface area contributed by atoms with Crippen molar-refractivity contribution in [3.63, 3.8) is 0 Å². The number of nitrogens with two attached hydrogens (primary N) is 1. The minimum atomic E-state index is -4.20. The first-order valence-electron chi connectivity index (χ1n) is 4.37. The van der Waals surface area contributed by atoms with Gasteiger partial charge >= 0.3 is 12.3 Å². The Balaban J connectivity index is 2.62. The summed E-state index contributed by atoms with van der Waals surface area (Å²) in [7, 11) is 0. The van der Waals surface area contributed by atoms with E-state index in [0.29, 0.717) is 5.56 Å². The van der Waals surface area contributed by atoms with Gasteiger partial charge in [0.25, 0.3) is 0 Å². The molecule has 1 rings (SSSR count). The highest BCUT2D eigenvalue weighted by atomic mass is 32.1. The second-order valence-corrected chi connectivity index (χ2v) is 3.54. The van der Waals surface area contributed by atoms with Crippen LogP contribution in [-0.4, -0.2) is 28.9 Å². The number of hydrogen-bond acceptors (Lipinski definition) is 3. The fourth-order valence-corrected chi connectivity index (χ4v) is 0.965. The van der Waals surface area contributed by atoms with Gasteiger partial charge in [-0.1, -0.05) is 12.2 Å². The molecule has 0 radical (unpaired) electrons. The summed E-state index contributed by atoms with van der Waals surface area (Å²) in [5, 5.41) is 0. The lowest BCUT2D eigenvalue weighted by Crippen LogP contribution is -2.33. The first-order valence-corrected chi connectivity index (χ1v) is 4.78. The van der Waals surface area contributed by atoms with Gasteiger partial charge in [-0.3, -0.25) is 0 Å². The zero-order chi connectivity index (χ0) is 13.1. The van der Waals surface area contributed by atoms with Crippen LogP contribution in [0.1, 0.15) is 5.56 Å². The van der Waals surface area contributed by atoms with Crippen LogP contribution in [0.15, 0.2) is 18.3 Å². The first-order chi connectivity index (χ1) is 7.83. The SMILES string of the molecule is NC(=S)c1ccc(OCC(F)(F)C(F)F)nc1. The normalized spacial score (nSPS) is 11.6. The summed E-state index contributed by atoms with van der Waals surface area (Å²) in [5.41, 5.74) is 5.70. The third kappa shape index (κ3) is 3.81. The molecule has 0 aliphatic heterocycles. The molecule has 0 fully saturated rings. The number of hydrogen-bond donors (Lipinski definition) is 1. The van der Waals surface area contributed by atoms with E-state index in [1.54, 1.807) is 0 Å². The van der Waals surface area contributed by atoms with Crippen LogP contribution in [0.4, 0.5) is 17.6 Å². The standard InChI is InChI=1S/C9H8F4N2OS/c10-8(11)9(12,13)4-16-6-2-1-5(3-15-6)7(14)17/h1-3,8H,4H2,(H2,14,17). The van der Waals surface area contributed by atoms with Crippen molar-refractivity contribution in [1.82, 2.24) is 4.98 Å². The summed E-state index contributed by atoms with van der Waals surface area (Å²) in [6, 6.07) is 2.61. The smallest absolute Gasteiger partial charge is 0.340 e. The van der Waals surface area contributed by atoms with Crippen molar-refractivity contribution in [1.29, 1.82) is 0 Å². The molecular weight excluding hydrogens is 260 g/mol. The number of aromatic nitrogens is 1. The molecule has 0 saturated heterocycles. The minimum absolute atomic E-state index is 0.0851. The molecule has 0 unspecified atom stereocenters. The van der Waals surface area contributed by atoms with Crippen LogP contribution in [0.3, 0.4) is 0 Å². The van der Waals surface area contributed by atoms with Crippen LogP contribution < -0.4 is 10.5 Å². The summed E-state index contributed by atoms with van der Waals surface area (Å²) in [6.45, 7) is -1.44. The molecule has 17 heavy (non-hydrogen) atoms. The topological polar surface area (TPSA) is 48.1 Å². The van der Waals surface area contributed by atoms with Gasteiger partial charge in [0.1, 0.15) is 4.99 Å². The monoisotopic (exact) mass is 268 g/mol. The van der Waals surface area contributed by atoms with Gasteiger partial charge in [-0.05, 0) is 6.07 Å². The third-order valence-electron chi connectivity index (χ3n) is 1.75. The molecule has 1 aromatic heterocycles. The Bertz CT molecular complexity index is 396. The van der Waals surface area contributed by atoms with Crippen LogP contribution in [0.5, 0.6) is 5.88 Å². The summed E-state index contributed by atoms with van der Waals surface area (Å²) in [6.07, 6.45) is -2.57. The van der Waals surface area contributed by atoms with E-state index in [-0.39, 0.29) is 10.9 Å². The molecular formula is C9H8F4N2OS. The van der Waals surface area contributed by atoms with E-state index in [1.165, 1.54) is 18.3 Å². The van der Waals surface area contributed by atoms with E-state index < -0.39 is 19.0 Å². The number of halogens is 4. The minimum Gasteiger partial charge on any atom is -0.471 e. The first kappa shape index (κ1) is 13.6. The van der Waals surface area contributed by atoms with Crippen LogP contribution in [0, 0.1) is 0 Å². The summed E-state index contributed by atoms with van der Waals surface area (Å²) < 4.78 is 53.0. The molecule has 0 bridgehead atoms. The number of nitrogens with zero attached hydrogens (tertiary/aromatic N) is 1. The maximum atomic E-state index is 12.5. The molecule has 0 atom stereocenters. The third-order valence-corrected chi connectivity index (χ3v) is 1.99. The lowest BCUT2D eigenvalue weighted by molar-refractivity contribution is -0.148. The Hall–Kier alpha value is -1.44. The van der Waals surface area contributed by atoms with Crippen molar-refractivity contribution >= 4 is 17.2 Å². The Labute approximate surface area is 99.6 Å². The van der Waals surface area contributed by atoms with Gasteiger partial charge in [-0.15, -0.1) is 0 Å². The van der Waals surface area contributed by atoms with Gasteiger partial charge in [-0.2, -0.15) is 8.78 Å². The van der Waals surface area contributed by atoms with Gasteiger partial charge in [0.2, 0.25) is 5.88 Å². The zero-order valence-electron chi connectivity index (χ0n) is 8.37. The zero-order valence-corrected chi connectivity index (χ0v) is 9.19. The molecule has 3 nitrogen and oxygen atoms in total. The number of thiocarbonyl (C=S) groups is 1. The molecule has 94 valence electrons. The highest BCUT2D eigenvalue weighted by Crippen LogP contribution is 2.23. The number of ether oxygens (including phenoxy) is 1. The predicted octanol–water partition coefficient (Wildman–Crippen LogP) is 2.00. The van der Waals surface area contributed by atoms with Crippen molar-refractivity contribution < 1.29 is 22.3 Å². The molecule has 2 N–H and O–H groups in total. The van der Waals surface area contributed by atoms with E-state index in [0.717, 1.165) is 0 Å². The molecule has 0 aromatic carbocycles. The fourth-order valence-electron chi connectivity index (χ4n) is 0.845. The maximum absolute atomic E-state index is 12.5. The molecule has 8 heteroatoms.